The summed E-state index contributed by atoms with van der Waals surface area (Å²) < 4.78 is 10.2. The summed E-state index contributed by atoms with van der Waals surface area (Å²) in [5.41, 5.74) is -0.0840. The third-order valence-electron chi connectivity index (χ3n) is 1.62. The molecular formula is C10H12O4. The number of aliphatic hydroxyl groups excluding tert-OH is 1. The fourth-order valence-electron chi connectivity index (χ4n) is 1.12. The highest BCUT2D eigenvalue weighted by molar-refractivity contribution is 5.94. The summed E-state index contributed by atoms with van der Waals surface area (Å²) in [6.45, 7) is 9.90. The van der Waals surface area contributed by atoms with E-state index >= 15 is 0 Å². The van der Waals surface area contributed by atoms with Crippen LogP contribution in [0.2, 0.25) is 0 Å². The van der Waals surface area contributed by atoms with Crippen LogP contribution < -0.4 is 0 Å². The van der Waals surface area contributed by atoms with Crippen LogP contribution in [0.1, 0.15) is 13.8 Å². The number of allylic oxidation sites excluding steroid dienone is 1. The molecule has 0 saturated carbocycles. The highest BCUT2D eigenvalue weighted by Gasteiger charge is 2.35. The van der Waals surface area contributed by atoms with Crippen LogP contribution >= 0.6 is 0 Å². The summed E-state index contributed by atoms with van der Waals surface area (Å²) in [6.07, 6.45) is 1.33. The molecule has 1 heterocycles. The number of esters is 1. The van der Waals surface area contributed by atoms with Gasteiger partial charge in [0.1, 0.15) is 17.1 Å². The molecular weight excluding hydrogens is 184 g/mol. The maximum absolute atomic E-state index is 11.4. The second-order valence-electron chi connectivity index (χ2n) is 3.28. The molecule has 0 aromatic carbocycles. The fourth-order valence-corrected chi connectivity index (χ4v) is 1.12. The van der Waals surface area contributed by atoms with E-state index < -0.39 is 11.8 Å². The molecule has 0 bridgehead atoms. The van der Waals surface area contributed by atoms with Crippen molar-refractivity contribution in [1.82, 2.24) is 0 Å². The number of hydrogen-bond donors (Lipinski definition) is 1. The molecule has 0 aromatic rings. The normalized spacial score (nSPS) is 19.7. The van der Waals surface area contributed by atoms with Gasteiger partial charge in [0.2, 0.25) is 5.79 Å². The van der Waals surface area contributed by atoms with Crippen molar-refractivity contribution in [1.29, 1.82) is 0 Å². The average molecular weight is 196 g/mol. The first-order valence-corrected chi connectivity index (χ1v) is 4.04. The molecule has 0 saturated heterocycles. The first-order valence-electron chi connectivity index (χ1n) is 4.04. The second-order valence-corrected chi connectivity index (χ2v) is 3.28. The van der Waals surface area contributed by atoms with Crippen molar-refractivity contribution >= 4 is 5.97 Å². The minimum absolute atomic E-state index is 0.0840. The summed E-state index contributed by atoms with van der Waals surface area (Å²) in [6, 6.07) is 0. The largest absolute Gasteiger partial charge is 0.508 e. The number of cyclic esters (lactones) is 1. The van der Waals surface area contributed by atoms with Gasteiger partial charge in [-0.2, -0.15) is 0 Å². The third kappa shape index (κ3) is 1.79. The van der Waals surface area contributed by atoms with Crippen LogP contribution in [0.3, 0.4) is 0 Å². The zero-order valence-corrected chi connectivity index (χ0v) is 8.16. The molecule has 1 aliphatic rings. The van der Waals surface area contributed by atoms with E-state index in [1.165, 1.54) is 6.08 Å². The highest BCUT2D eigenvalue weighted by Crippen LogP contribution is 2.29. The van der Waals surface area contributed by atoms with Gasteiger partial charge in [-0.3, -0.25) is 0 Å². The van der Waals surface area contributed by atoms with Crippen LogP contribution in [0.25, 0.3) is 0 Å². The quantitative estimate of drug-likeness (QED) is 0.540. The van der Waals surface area contributed by atoms with Crippen molar-refractivity contribution in [3.05, 3.63) is 36.3 Å². The number of rotatable bonds is 2. The number of hydrogen-bond acceptors (Lipinski definition) is 4. The van der Waals surface area contributed by atoms with E-state index in [2.05, 4.69) is 13.2 Å². The third-order valence-corrected chi connectivity index (χ3v) is 1.62. The summed E-state index contributed by atoms with van der Waals surface area (Å²) in [4.78, 5) is 11.4. The summed E-state index contributed by atoms with van der Waals surface area (Å²) >= 11 is 0. The highest BCUT2D eigenvalue weighted by atomic mass is 16.7. The van der Waals surface area contributed by atoms with E-state index in [0.29, 0.717) is 0 Å². The van der Waals surface area contributed by atoms with E-state index in [4.69, 9.17) is 14.6 Å². The Morgan fingerprint density at radius 3 is 2.50 bits per heavy atom. The zero-order valence-electron chi connectivity index (χ0n) is 8.16. The minimum Gasteiger partial charge on any atom is -0.508 e. The molecule has 1 rings (SSSR count). The SMILES string of the molecule is C=CC1=C(C(=C)O)C(=O)OC(C)(C)O1. The predicted molar refractivity (Wildman–Crippen MR) is 50.2 cm³/mol. The van der Waals surface area contributed by atoms with E-state index in [1.807, 2.05) is 0 Å². The lowest BCUT2D eigenvalue weighted by Gasteiger charge is -2.32. The molecule has 0 atom stereocenters. The Bertz CT molecular complexity index is 336. The molecule has 0 unspecified atom stereocenters. The molecule has 0 amide bonds. The average Bonchev–Trinajstić information content (AvgIpc) is 1.99. The lowest BCUT2D eigenvalue weighted by Crippen LogP contribution is -2.36. The van der Waals surface area contributed by atoms with Gasteiger partial charge in [0, 0.05) is 13.8 Å². The van der Waals surface area contributed by atoms with Crippen molar-refractivity contribution in [2.75, 3.05) is 0 Å². The molecule has 0 spiro atoms. The standard InChI is InChI=1S/C10H12O4/c1-5-7-8(6(2)11)9(12)14-10(3,4)13-7/h5,11H,1-2H2,3-4H3. The molecule has 1 aliphatic heterocycles. The second kappa shape index (κ2) is 3.21. The fraction of sp³-hybridized carbons (Fsp3) is 0.300. The van der Waals surface area contributed by atoms with Crippen LogP contribution in [0.5, 0.6) is 0 Å². The van der Waals surface area contributed by atoms with E-state index in [1.54, 1.807) is 13.8 Å². The number of ether oxygens (including phenoxy) is 2. The number of carbonyl (C=O) groups is 1. The van der Waals surface area contributed by atoms with Gasteiger partial charge in [-0.25, -0.2) is 4.79 Å². The monoisotopic (exact) mass is 196 g/mol. The first-order chi connectivity index (χ1) is 6.37. The number of aliphatic hydroxyl groups is 1. The molecule has 1 N–H and O–H groups in total. The Balaban J connectivity index is 3.21. The topological polar surface area (TPSA) is 55.8 Å². The van der Waals surface area contributed by atoms with Gasteiger partial charge >= 0.3 is 5.97 Å². The van der Waals surface area contributed by atoms with Crippen LogP contribution in [-0.2, 0) is 14.3 Å². The summed E-state index contributed by atoms with van der Waals surface area (Å²) in [5.74, 6) is -1.91. The minimum atomic E-state index is -1.04. The van der Waals surface area contributed by atoms with Crippen molar-refractivity contribution in [2.45, 2.75) is 19.6 Å². The molecule has 76 valence electrons. The van der Waals surface area contributed by atoms with Crippen molar-refractivity contribution in [2.24, 2.45) is 0 Å². The molecule has 4 nitrogen and oxygen atoms in total. The van der Waals surface area contributed by atoms with Gasteiger partial charge < -0.3 is 14.6 Å². The van der Waals surface area contributed by atoms with Crippen molar-refractivity contribution in [3.63, 3.8) is 0 Å². The molecule has 0 fully saturated rings. The van der Waals surface area contributed by atoms with Gasteiger partial charge in [0.25, 0.3) is 0 Å². The zero-order chi connectivity index (χ0) is 10.9. The van der Waals surface area contributed by atoms with Crippen LogP contribution in [0.4, 0.5) is 0 Å². The van der Waals surface area contributed by atoms with Gasteiger partial charge in [-0.15, -0.1) is 0 Å². The van der Waals surface area contributed by atoms with Gasteiger partial charge in [-0.1, -0.05) is 13.2 Å². The van der Waals surface area contributed by atoms with Crippen LogP contribution in [-0.4, -0.2) is 16.9 Å². The molecule has 14 heavy (non-hydrogen) atoms. The van der Waals surface area contributed by atoms with Gasteiger partial charge in [-0.05, 0) is 6.08 Å². The molecule has 0 aliphatic carbocycles. The van der Waals surface area contributed by atoms with Crippen molar-refractivity contribution in [3.8, 4) is 0 Å². The van der Waals surface area contributed by atoms with E-state index in [-0.39, 0.29) is 17.1 Å². The Morgan fingerprint density at radius 2 is 2.07 bits per heavy atom. The lowest BCUT2D eigenvalue weighted by atomic mass is 10.1. The van der Waals surface area contributed by atoms with Gasteiger partial charge in [0.15, 0.2) is 0 Å². The first kappa shape index (κ1) is 10.4. The van der Waals surface area contributed by atoms with E-state index in [9.17, 15) is 4.79 Å². The molecule has 0 radical (unpaired) electrons. The smallest absolute Gasteiger partial charge is 0.348 e. The van der Waals surface area contributed by atoms with Crippen molar-refractivity contribution < 1.29 is 19.4 Å². The Hall–Kier alpha value is -1.71. The van der Waals surface area contributed by atoms with Crippen LogP contribution in [0, 0.1) is 0 Å². The maximum Gasteiger partial charge on any atom is 0.348 e. The Labute approximate surface area is 82.1 Å². The summed E-state index contributed by atoms with van der Waals surface area (Å²) in [7, 11) is 0. The van der Waals surface area contributed by atoms with E-state index in [0.717, 1.165) is 0 Å². The Morgan fingerprint density at radius 1 is 1.50 bits per heavy atom. The predicted octanol–water partition coefficient (Wildman–Crippen LogP) is 1.81. The lowest BCUT2D eigenvalue weighted by molar-refractivity contribution is -0.205. The van der Waals surface area contributed by atoms with Gasteiger partial charge in [0.05, 0.1) is 0 Å². The number of carbonyl (C=O) groups excluding carboxylic acids is 1. The van der Waals surface area contributed by atoms with Crippen LogP contribution in [0.15, 0.2) is 36.3 Å². The molecule has 0 aromatic heterocycles. The summed E-state index contributed by atoms with van der Waals surface area (Å²) in [5, 5.41) is 9.14. The Kier molecular flexibility index (Phi) is 2.38. The molecule has 4 heteroatoms. The maximum atomic E-state index is 11.4.